The molecule has 0 aliphatic carbocycles. The highest BCUT2D eigenvalue weighted by Gasteiger charge is 2.09. The van der Waals surface area contributed by atoms with Crippen molar-refractivity contribution in [2.24, 2.45) is 10.7 Å². The van der Waals surface area contributed by atoms with Crippen LogP contribution in [0.2, 0.25) is 0 Å². The van der Waals surface area contributed by atoms with Gasteiger partial charge in [0, 0.05) is 5.56 Å². The van der Waals surface area contributed by atoms with Gasteiger partial charge in [0.25, 0.3) is 0 Å². The number of rotatable bonds is 3. The van der Waals surface area contributed by atoms with E-state index in [0.29, 0.717) is 11.7 Å². The maximum absolute atomic E-state index is 5.76. The van der Waals surface area contributed by atoms with E-state index in [0.717, 1.165) is 27.9 Å². The third-order valence-corrected chi connectivity index (χ3v) is 3.41. The van der Waals surface area contributed by atoms with Gasteiger partial charge in [-0.25, -0.2) is 9.98 Å². The molecular formula is C16H14ClN3O. The fourth-order valence-electron chi connectivity index (χ4n) is 2.09. The smallest absolute Gasteiger partial charge is 0.227 e. The minimum Gasteiger partial charge on any atom is -0.436 e. The number of oxazole rings is 1. The molecule has 4 nitrogen and oxygen atoms in total. The number of nitrogens with zero attached hydrogens (tertiary/aromatic N) is 2. The Balaban J connectivity index is 2.01. The molecular weight excluding hydrogens is 286 g/mol. The number of alkyl halides is 1. The van der Waals surface area contributed by atoms with Crippen molar-refractivity contribution in [3.8, 4) is 11.5 Å². The van der Waals surface area contributed by atoms with Gasteiger partial charge in [-0.2, -0.15) is 0 Å². The molecule has 0 amide bonds. The average Bonchev–Trinajstić information content (AvgIpc) is 2.93. The van der Waals surface area contributed by atoms with E-state index in [1.165, 1.54) is 0 Å². The fourth-order valence-corrected chi connectivity index (χ4v) is 2.15. The number of hydrogen-bond acceptors (Lipinski definition) is 3. The third kappa shape index (κ3) is 2.76. The quantitative estimate of drug-likeness (QED) is 0.451. The summed E-state index contributed by atoms with van der Waals surface area (Å²) in [7, 11) is 0. The average molecular weight is 300 g/mol. The predicted molar refractivity (Wildman–Crippen MR) is 86.2 cm³/mol. The van der Waals surface area contributed by atoms with Crippen LogP contribution in [0.15, 0.2) is 51.9 Å². The van der Waals surface area contributed by atoms with Crippen LogP contribution < -0.4 is 5.73 Å². The molecule has 3 rings (SSSR count). The van der Waals surface area contributed by atoms with Gasteiger partial charge >= 0.3 is 0 Å². The molecule has 1 aromatic heterocycles. The van der Waals surface area contributed by atoms with Crippen molar-refractivity contribution in [1.29, 1.82) is 0 Å². The van der Waals surface area contributed by atoms with E-state index in [2.05, 4.69) is 9.98 Å². The second kappa shape index (κ2) is 5.58. The molecule has 0 aliphatic rings. The van der Waals surface area contributed by atoms with Crippen LogP contribution in [0.1, 0.15) is 5.56 Å². The molecule has 3 aromatic rings. The minimum absolute atomic E-state index is 0.215. The highest BCUT2D eigenvalue weighted by atomic mass is 35.5. The number of hydrogen-bond donors (Lipinski definition) is 1. The zero-order valence-corrected chi connectivity index (χ0v) is 12.3. The van der Waals surface area contributed by atoms with Crippen LogP contribution in [0.5, 0.6) is 0 Å². The lowest BCUT2D eigenvalue weighted by Crippen LogP contribution is -2.12. The minimum atomic E-state index is 0.215. The number of fused-ring (bicyclic) bond motifs is 1. The highest BCUT2D eigenvalue weighted by Crippen LogP contribution is 2.28. The van der Waals surface area contributed by atoms with Gasteiger partial charge in [0.1, 0.15) is 11.4 Å². The molecule has 5 heteroatoms. The lowest BCUT2D eigenvalue weighted by molar-refractivity contribution is 0.620. The molecule has 0 radical (unpaired) electrons. The van der Waals surface area contributed by atoms with Gasteiger partial charge in [-0.15, -0.1) is 11.6 Å². The molecule has 106 valence electrons. The molecule has 0 saturated heterocycles. The summed E-state index contributed by atoms with van der Waals surface area (Å²) in [4.78, 5) is 8.75. The van der Waals surface area contributed by atoms with Crippen LogP contribution in [0, 0.1) is 6.92 Å². The van der Waals surface area contributed by atoms with E-state index in [-0.39, 0.29) is 5.88 Å². The van der Waals surface area contributed by atoms with Crippen LogP contribution in [0.4, 0.5) is 5.69 Å². The van der Waals surface area contributed by atoms with E-state index >= 15 is 0 Å². The van der Waals surface area contributed by atoms with Gasteiger partial charge in [0.2, 0.25) is 5.89 Å². The number of aryl methyl sites for hydroxylation is 1. The van der Waals surface area contributed by atoms with E-state index < -0.39 is 0 Å². The molecule has 0 bridgehead atoms. The highest BCUT2D eigenvalue weighted by molar-refractivity contribution is 6.28. The summed E-state index contributed by atoms with van der Waals surface area (Å²) in [6, 6.07) is 13.5. The molecule has 0 atom stereocenters. The molecule has 0 aliphatic heterocycles. The SMILES string of the molecule is Cc1cc(-c2nc3ccccc3o2)ccc1N=C(N)CCl. The van der Waals surface area contributed by atoms with Gasteiger partial charge in [-0.3, -0.25) is 0 Å². The molecule has 2 N–H and O–H groups in total. The van der Waals surface area contributed by atoms with Gasteiger partial charge in [-0.05, 0) is 42.8 Å². The summed E-state index contributed by atoms with van der Waals surface area (Å²) in [5, 5.41) is 0. The normalized spacial score (nSPS) is 12.0. The van der Waals surface area contributed by atoms with Crippen LogP contribution in [-0.2, 0) is 0 Å². The Labute approximate surface area is 127 Å². The Kier molecular flexibility index (Phi) is 3.62. The van der Waals surface area contributed by atoms with E-state index in [1.807, 2.05) is 49.4 Å². The number of para-hydroxylation sites is 2. The van der Waals surface area contributed by atoms with Gasteiger partial charge in [-0.1, -0.05) is 12.1 Å². The summed E-state index contributed by atoms with van der Waals surface area (Å²) < 4.78 is 5.76. The lowest BCUT2D eigenvalue weighted by Gasteiger charge is -2.03. The van der Waals surface area contributed by atoms with Crippen molar-refractivity contribution in [2.75, 3.05) is 5.88 Å². The summed E-state index contributed by atoms with van der Waals surface area (Å²) in [6.45, 7) is 1.96. The predicted octanol–water partition coefficient (Wildman–Crippen LogP) is 4.03. The Hall–Kier alpha value is -2.33. The van der Waals surface area contributed by atoms with Gasteiger partial charge in [0.05, 0.1) is 11.6 Å². The topological polar surface area (TPSA) is 64.4 Å². The first-order valence-corrected chi connectivity index (χ1v) is 7.06. The summed E-state index contributed by atoms with van der Waals surface area (Å²) in [5.41, 5.74) is 9.98. The molecule has 2 aromatic carbocycles. The second-order valence-corrected chi connectivity index (χ2v) is 4.99. The summed E-state index contributed by atoms with van der Waals surface area (Å²) >= 11 is 5.65. The van der Waals surface area contributed by atoms with Crippen LogP contribution in [0.25, 0.3) is 22.6 Å². The molecule has 21 heavy (non-hydrogen) atoms. The van der Waals surface area contributed by atoms with Crippen molar-refractivity contribution in [2.45, 2.75) is 6.92 Å². The molecule has 0 saturated carbocycles. The first-order chi connectivity index (χ1) is 10.2. The maximum atomic E-state index is 5.76. The molecule has 1 heterocycles. The monoisotopic (exact) mass is 299 g/mol. The zero-order chi connectivity index (χ0) is 14.8. The number of nitrogens with two attached hydrogens (primary N) is 1. The molecule has 0 spiro atoms. The summed E-state index contributed by atoms with van der Waals surface area (Å²) in [5.74, 6) is 1.21. The van der Waals surface area contributed by atoms with Crippen molar-refractivity contribution >= 4 is 34.2 Å². The largest absolute Gasteiger partial charge is 0.436 e. The number of benzene rings is 2. The zero-order valence-electron chi connectivity index (χ0n) is 11.5. The van der Waals surface area contributed by atoms with Crippen molar-refractivity contribution < 1.29 is 4.42 Å². The van der Waals surface area contributed by atoms with Crippen molar-refractivity contribution in [3.05, 3.63) is 48.0 Å². The van der Waals surface area contributed by atoms with Crippen molar-refractivity contribution in [1.82, 2.24) is 4.98 Å². The van der Waals surface area contributed by atoms with E-state index in [1.54, 1.807) is 0 Å². The Morgan fingerprint density at radius 1 is 1.29 bits per heavy atom. The van der Waals surface area contributed by atoms with Crippen molar-refractivity contribution in [3.63, 3.8) is 0 Å². The van der Waals surface area contributed by atoms with E-state index in [9.17, 15) is 0 Å². The number of aromatic nitrogens is 1. The second-order valence-electron chi connectivity index (χ2n) is 4.72. The Bertz CT molecular complexity index is 790. The molecule has 0 unspecified atom stereocenters. The number of aliphatic imine (C=N–C) groups is 1. The first kappa shape index (κ1) is 13.6. The first-order valence-electron chi connectivity index (χ1n) is 6.53. The lowest BCUT2D eigenvalue weighted by atomic mass is 10.1. The van der Waals surface area contributed by atoms with E-state index in [4.69, 9.17) is 21.8 Å². The standard InChI is InChI=1S/C16H14ClN3O/c1-10-8-11(6-7-12(10)19-15(18)9-17)16-20-13-4-2-3-5-14(13)21-16/h2-8H,9H2,1H3,(H2,18,19). The fraction of sp³-hybridized carbons (Fsp3) is 0.125. The van der Waals surface area contributed by atoms with Crippen LogP contribution >= 0.6 is 11.6 Å². The molecule has 0 fully saturated rings. The number of amidine groups is 1. The van der Waals surface area contributed by atoms with Crippen LogP contribution in [0.3, 0.4) is 0 Å². The Morgan fingerprint density at radius 2 is 2.10 bits per heavy atom. The summed E-state index contributed by atoms with van der Waals surface area (Å²) in [6.07, 6.45) is 0. The maximum Gasteiger partial charge on any atom is 0.227 e. The number of halogens is 1. The Morgan fingerprint density at radius 3 is 2.81 bits per heavy atom. The van der Waals surface area contributed by atoms with Gasteiger partial charge < -0.3 is 10.2 Å². The van der Waals surface area contributed by atoms with Gasteiger partial charge in [0.15, 0.2) is 5.58 Å². The van der Waals surface area contributed by atoms with Crippen LogP contribution in [-0.4, -0.2) is 16.7 Å². The third-order valence-electron chi connectivity index (χ3n) is 3.14.